The van der Waals surface area contributed by atoms with Crippen LogP contribution in [0.4, 0.5) is 0 Å². The fourth-order valence-electron chi connectivity index (χ4n) is 3.99. The van der Waals surface area contributed by atoms with Gasteiger partial charge in [-0.15, -0.1) is 0 Å². The van der Waals surface area contributed by atoms with Crippen LogP contribution in [0.15, 0.2) is 96.4 Å². The molecule has 1 heterocycles. The van der Waals surface area contributed by atoms with Gasteiger partial charge in [0.25, 0.3) is 0 Å². The zero-order chi connectivity index (χ0) is 21.3. The molecule has 0 aromatic heterocycles. The van der Waals surface area contributed by atoms with Gasteiger partial charge in [-0.2, -0.15) is 0 Å². The Bertz CT molecular complexity index is 948. The van der Waals surface area contributed by atoms with E-state index in [2.05, 4.69) is 98.7 Å². The van der Waals surface area contributed by atoms with Gasteiger partial charge < -0.3 is 10.6 Å². The Kier molecular flexibility index (Phi) is 7.73. The van der Waals surface area contributed by atoms with Gasteiger partial charge in [-0.3, -0.25) is 0 Å². The van der Waals surface area contributed by atoms with Crippen LogP contribution in [0.2, 0.25) is 0 Å². The molecule has 30 heavy (non-hydrogen) atoms. The molecule has 1 aliphatic rings. The smallest absolute Gasteiger partial charge is 0.0290 e. The number of hydrogen-bond acceptors (Lipinski definition) is 2. The first-order chi connectivity index (χ1) is 14.5. The molecule has 0 bridgehead atoms. The van der Waals surface area contributed by atoms with E-state index in [4.69, 9.17) is 5.73 Å². The molecule has 2 N–H and O–H groups in total. The second-order valence-corrected chi connectivity index (χ2v) is 8.36. The Hall–Kier alpha value is -3.00. The lowest BCUT2D eigenvalue weighted by atomic mass is 9.93. The van der Waals surface area contributed by atoms with E-state index in [0.29, 0.717) is 6.04 Å². The van der Waals surface area contributed by atoms with E-state index < -0.39 is 0 Å². The molecule has 156 valence electrons. The van der Waals surface area contributed by atoms with E-state index in [0.717, 1.165) is 25.7 Å². The van der Waals surface area contributed by atoms with Crippen LogP contribution < -0.4 is 5.73 Å². The van der Waals surface area contributed by atoms with E-state index in [1.54, 1.807) is 6.20 Å². The van der Waals surface area contributed by atoms with Crippen LogP contribution in [-0.2, 0) is 6.42 Å². The molecule has 0 fully saturated rings. The molecule has 0 saturated heterocycles. The topological polar surface area (TPSA) is 29.3 Å². The molecule has 0 radical (unpaired) electrons. The van der Waals surface area contributed by atoms with Crippen molar-refractivity contribution >= 4 is 5.57 Å². The molecular formula is C28H34N2. The molecule has 0 spiro atoms. The number of rotatable bonds is 8. The Labute approximate surface area is 182 Å². The van der Waals surface area contributed by atoms with Crippen molar-refractivity contribution in [3.05, 3.63) is 113 Å². The molecular weight excluding hydrogens is 364 g/mol. The highest BCUT2D eigenvalue weighted by molar-refractivity contribution is 5.68. The Morgan fingerprint density at radius 2 is 1.90 bits per heavy atom. The monoisotopic (exact) mass is 398 g/mol. The summed E-state index contributed by atoms with van der Waals surface area (Å²) in [6.07, 6.45) is 14.4. The van der Waals surface area contributed by atoms with Crippen molar-refractivity contribution < 1.29 is 0 Å². The van der Waals surface area contributed by atoms with Crippen LogP contribution in [0.3, 0.4) is 0 Å². The van der Waals surface area contributed by atoms with E-state index in [1.807, 2.05) is 6.08 Å². The average molecular weight is 399 g/mol. The van der Waals surface area contributed by atoms with E-state index in [1.165, 1.54) is 33.4 Å². The van der Waals surface area contributed by atoms with Gasteiger partial charge >= 0.3 is 0 Å². The van der Waals surface area contributed by atoms with Crippen molar-refractivity contribution in [1.29, 1.82) is 0 Å². The fourth-order valence-corrected chi connectivity index (χ4v) is 3.99. The van der Waals surface area contributed by atoms with Crippen molar-refractivity contribution in [2.24, 2.45) is 5.73 Å². The van der Waals surface area contributed by atoms with Crippen LogP contribution >= 0.6 is 0 Å². The minimum absolute atomic E-state index is 0.585. The van der Waals surface area contributed by atoms with Crippen molar-refractivity contribution in [1.82, 2.24) is 4.90 Å². The van der Waals surface area contributed by atoms with E-state index in [-0.39, 0.29) is 0 Å². The maximum absolute atomic E-state index is 5.62. The number of benzene rings is 2. The SMILES string of the molecule is Cc1cccc(/C(=C/C/C(=C\C=C/N)Cc2ccccc2)CC2=CN(C)C(C)C2)c1. The maximum atomic E-state index is 5.62. The third-order valence-corrected chi connectivity index (χ3v) is 5.77. The first kappa shape index (κ1) is 21.7. The number of aryl methyl sites for hydroxylation is 1. The lowest BCUT2D eigenvalue weighted by molar-refractivity contribution is 0.382. The summed E-state index contributed by atoms with van der Waals surface area (Å²) in [5.74, 6) is 0. The molecule has 2 aromatic carbocycles. The fraction of sp³-hybridized carbons (Fsp3) is 0.286. The van der Waals surface area contributed by atoms with Crippen LogP contribution in [0.5, 0.6) is 0 Å². The van der Waals surface area contributed by atoms with E-state index >= 15 is 0 Å². The van der Waals surface area contributed by atoms with Crippen LogP contribution in [0.25, 0.3) is 5.57 Å². The molecule has 2 aromatic rings. The minimum Gasteiger partial charge on any atom is -0.405 e. The van der Waals surface area contributed by atoms with Crippen molar-refractivity contribution in [3.63, 3.8) is 0 Å². The summed E-state index contributed by atoms with van der Waals surface area (Å²) in [6, 6.07) is 20.1. The number of hydrogen-bond donors (Lipinski definition) is 1. The highest BCUT2D eigenvalue weighted by Crippen LogP contribution is 2.31. The third-order valence-electron chi connectivity index (χ3n) is 5.77. The molecule has 0 saturated carbocycles. The van der Waals surface area contributed by atoms with Crippen LogP contribution in [0, 0.1) is 6.92 Å². The van der Waals surface area contributed by atoms with Crippen molar-refractivity contribution in [2.75, 3.05) is 7.05 Å². The molecule has 3 rings (SSSR count). The Morgan fingerprint density at radius 1 is 1.10 bits per heavy atom. The quantitative estimate of drug-likeness (QED) is 0.521. The lowest BCUT2D eigenvalue weighted by Gasteiger charge is -2.14. The lowest BCUT2D eigenvalue weighted by Crippen LogP contribution is -2.17. The molecule has 1 unspecified atom stereocenters. The zero-order valence-electron chi connectivity index (χ0n) is 18.5. The van der Waals surface area contributed by atoms with Gasteiger partial charge in [-0.25, -0.2) is 0 Å². The van der Waals surface area contributed by atoms with Crippen molar-refractivity contribution in [2.45, 2.75) is 45.6 Å². The van der Waals surface area contributed by atoms with Crippen molar-refractivity contribution in [3.8, 4) is 0 Å². The number of nitrogens with zero attached hydrogens (tertiary/aromatic N) is 1. The first-order valence-corrected chi connectivity index (χ1v) is 10.8. The van der Waals surface area contributed by atoms with Gasteiger partial charge in [0, 0.05) is 13.1 Å². The summed E-state index contributed by atoms with van der Waals surface area (Å²) < 4.78 is 0. The maximum Gasteiger partial charge on any atom is 0.0290 e. The highest BCUT2D eigenvalue weighted by Gasteiger charge is 2.18. The van der Waals surface area contributed by atoms with E-state index in [9.17, 15) is 0 Å². The predicted molar refractivity (Wildman–Crippen MR) is 130 cm³/mol. The molecule has 0 aliphatic carbocycles. The van der Waals surface area contributed by atoms with Gasteiger partial charge in [0.15, 0.2) is 0 Å². The van der Waals surface area contributed by atoms with Gasteiger partial charge in [-0.05, 0) is 80.3 Å². The summed E-state index contributed by atoms with van der Waals surface area (Å²) in [5, 5.41) is 0. The van der Waals surface area contributed by atoms with Crippen LogP contribution in [-0.4, -0.2) is 18.0 Å². The second kappa shape index (κ2) is 10.7. The standard InChI is InChI=1S/C28H34N2/c1-22-9-7-13-27(17-22)28(20-26-18-23(2)30(3)21-26)15-14-25(12-8-16-29)19-24-10-5-4-6-11-24/h4-13,15-17,21,23H,14,18-20,29H2,1-3H3/b16-8-,25-12+,28-15+. The summed E-state index contributed by atoms with van der Waals surface area (Å²) in [6.45, 7) is 4.46. The molecule has 1 atom stereocenters. The van der Waals surface area contributed by atoms with Gasteiger partial charge in [-0.1, -0.05) is 77.9 Å². The molecule has 2 heteroatoms. The highest BCUT2D eigenvalue weighted by atomic mass is 15.1. The Morgan fingerprint density at radius 3 is 2.57 bits per heavy atom. The minimum atomic E-state index is 0.585. The first-order valence-electron chi connectivity index (χ1n) is 10.8. The number of allylic oxidation sites excluding steroid dienone is 5. The van der Waals surface area contributed by atoms with Gasteiger partial charge in [0.05, 0.1) is 0 Å². The van der Waals surface area contributed by atoms with Gasteiger partial charge in [0.1, 0.15) is 0 Å². The average Bonchev–Trinajstić information content (AvgIpc) is 3.06. The molecule has 2 nitrogen and oxygen atoms in total. The predicted octanol–water partition coefficient (Wildman–Crippen LogP) is 6.41. The van der Waals surface area contributed by atoms with Gasteiger partial charge in [0.2, 0.25) is 0 Å². The summed E-state index contributed by atoms with van der Waals surface area (Å²) in [5.41, 5.74) is 13.8. The second-order valence-electron chi connectivity index (χ2n) is 8.36. The van der Waals surface area contributed by atoms with Crippen LogP contribution in [0.1, 0.15) is 42.9 Å². The zero-order valence-corrected chi connectivity index (χ0v) is 18.5. The Balaban J connectivity index is 1.86. The number of nitrogens with two attached hydrogens (primary N) is 1. The molecule has 0 amide bonds. The largest absolute Gasteiger partial charge is 0.405 e. The summed E-state index contributed by atoms with van der Waals surface area (Å²) in [4.78, 5) is 2.33. The summed E-state index contributed by atoms with van der Waals surface area (Å²) in [7, 11) is 2.17. The normalized spacial score (nSPS) is 17.6. The third kappa shape index (κ3) is 6.25. The molecule has 1 aliphatic heterocycles. The summed E-state index contributed by atoms with van der Waals surface area (Å²) >= 11 is 0.